The predicted molar refractivity (Wildman–Crippen MR) is 59.1 cm³/mol. The Morgan fingerprint density at radius 2 is 2.13 bits per heavy atom. The van der Waals surface area contributed by atoms with Crippen molar-refractivity contribution in [3.8, 4) is 11.5 Å². The zero-order valence-corrected chi connectivity index (χ0v) is 8.50. The van der Waals surface area contributed by atoms with Crippen LogP contribution in [0, 0.1) is 0 Å². The summed E-state index contributed by atoms with van der Waals surface area (Å²) in [5.41, 5.74) is 6.39. The van der Waals surface area contributed by atoms with Gasteiger partial charge in [-0.1, -0.05) is 6.07 Å². The van der Waals surface area contributed by atoms with Crippen LogP contribution in [0.25, 0.3) is 11.5 Å². The van der Waals surface area contributed by atoms with Gasteiger partial charge in [0.15, 0.2) is 5.82 Å². The number of rotatable bonds is 4. The van der Waals surface area contributed by atoms with E-state index in [0.717, 1.165) is 24.5 Å². The van der Waals surface area contributed by atoms with E-state index in [9.17, 15) is 0 Å². The lowest BCUT2D eigenvalue weighted by molar-refractivity contribution is 0.655. The normalized spacial score (nSPS) is 10.5. The Morgan fingerprint density at radius 1 is 1.20 bits per heavy atom. The van der Waals surface area contributed by atoms with Crippen LogP contribution in [0.4, 0.5) is 0 Å². The standard InChI is InChI=1S/C11H14N4/c12-5-3-8-15-9-7-14-11(15)10-4-1-2-6-13-10/h1-2,4,6-7,9H,3,5,8,12H2. The van der Waals surface area contributed by atoms with Crippen molar-refractivity contribution in [3.05, 3.63) is 36.8 Å². The summed E-state index contributed by atoms with van der Waals surface area (Å²) in [6.07, 6.45) is 6.48. The average molecular weight is 202 g/mol. The van der Waals surface area contributed by atoms with Gasteiger partial charge in [-0.05, 0) is 25.1 Å². The fraction of sp³-hybridized carbons (Fsp3) is 0.273. The lowest BCUT2D eigenvalue weighted by atomic mass is 10.3. The molecule has 0 unspecified atom stereocenters. The quantitative estimate of drug-likeness (QED) is 0.812. The minimum atomic E-state index is 0.694. The van der Waals surface area contributed by atoms with Gasteiger partial charge in [-0.15, -0.1) is 0 Å². The Kier molecular flexibility index (Phi) is 3.09. The molecule has 2 aromatic heterocycles. The SMILES string of the molecule is NCCCn1ccnc1-c1ccccn1. The molecule has 0 saturated heterocycles. The molecule has 0 amide bonds. The first-order valence-electron chi connectivity index (χ1n) is 5.04. The third-order valence-electron chi connectivity index (χ3n) is 2.21. The van der Waals surface area contributed by atoms with Crippen molar-refractivity contribution in [3.63, 3.8) is 0 Å². The molecule has 0 aliphatic rings. The second kappa shape index (κ2) is 4.70. The number of imidazole rings is 1. The Balaban J connectivity index is 2.25. The lowest BCUT2D eigenvalue weighted by Crippen LogP contribution is -2.06. The van der Waals surface area contributed by atoms with Crippen molar-refractivity contribution in [1.82, 2.24) is 14.5 Å². The van der Waals surface area contributed by atoms with Gasteiger partial charge in [-0.2, -0.15) is 0 Å². The summed E-state index contributed by atoms with van der Waals surface area (Å²) in [5.74, 6) is 0.907. The highest BCUT2D eigenvalue weighted by atomic mass is 15.1. The molecule has 0 saturated carbocycles. The van der Waals surface area contributed by atoms with Crippen molar-refractivity contribution in [2.45, 2.75) is 13.0 Å². The number of nitrogens with zero attached hydrogens (tertiary/aromatic N) is 3. The first-order chi connectivity index (χ1) is 7.42. The number of aryl methyl sites for hydroxylation is 1. The summed E-state index contributed by atoms with van der Waals surface area (Å²) in [4.78, 5) is 8.57. The van der Waals surface area contributed by atoms with Crippen LogP contribution in [-0.4, -0.2) is 21.1 Å². The topological polar surface area (TPSA) is 56.7 Å². The smallest absolute Gasteiger partial charge is 0.158 e. The molecule has 2 heterocycles. The van der Waals surface area contributed by atoms with Crippen LogP contribution in [0.1, 0.15) is 6.42 Å². The molecular formula is C11H14N4. The molecule has 2 aromatic rings. The monoisotopic (exact) mass is 202 g/mol. The molecule has 2 rings (SSSR count). The number of hydrogen-bond donors (Lipinski definition) is 1. The van der Waals surface area contributed by atoms with E-state index >= 15 is 0 Å². The van der Waals surface area contributed by atoms with Crippen LogP contribution in [0.2, 0.25) is 0 Å². The van der Waals surface area contributed by atoms with E-state index in [0.29, 0.717) is 6.54 Å². The first-order valence-corrected chi connectivity index (χ1v) is 5.04. The van der Waals surface area contributed by atoms with Crippen molar-refractivity contribution in [1.29, 1.82) is 0 Å². The molecule has 0 bridgehead atoms. The molecule has 2 N–H and O–H groups in total. The molecule has 0 aliphatic heterocycles. The maximum atomic E-state index is 5.48. The van der Waals surface area contributed by atoms with Crippen LogP contribution in [0.15, 0.2) is 36.8 Å². The zero-order chi connectivity index (χ0) is 10.5. The molecule has 0 aromatic carbocycles. The number of aromatic nitrogens is 3. The summed E-state index contributed by atoms with van der Waals surface area (Å²) in [6, 6.07) is 5.82. The highest BCUT2D eigenvalue weighted by Gasteiger charge is 2.05. The summed E-state index contributed by atoms with van der Waals surface area (Å²) < 4.78 is 2.08. The van der Waals surface area contributed by atoms with Gasteiger partial charge in [-0.3, -0.25) is 4.98 Å². The minimum Gasteiger partial charge on any atom is -0.330 e. The third-order valence-corrected chi connectivity index (χ3v) is 2.21. The molecule has 0 radical (unpaired) electrons. The second-order valence-electron chi connectivity index (χ2n) is 3.30. The van der Waals surface area contributed by atoms with Gasteiger partial charge in [0.2, 0.25) is 0 Å². The molecule has 78 valence electrons. The Labute approximate surface area is 88.8 Å². The second-order valence-corrected chi connectivity index (χ2v) is 3.30. The van der Waals surface area contributed by atoms with E-state index in [1.807, 2.05) is 24.4 Å². The first kappa shape index (κ1) is 9.86. The van der Waals surface area contributed by atoms with Crippen molar-refractivity contribution in [2.75, 3.05) is 6.54 Å². The Morgan fingerprint density at radius 3 is 2.87 bits per heavy atom. The van der Waals surface area contributed by atoms with Crippen molar-refractivity contribution in [2.24, 2.45) is 5.73 Å². The molecule has 0 spiro atoms. The van der Waals surface area contributed by atoms with Gasteiger partial charge >= 0.3 is 0 Å². The summed E-state index contributed by atoms with van der Waals surface area (Å²) in [7, 11) is 0. The van der Waals surface area contributed by atoms with Crippen LogP contribution in [0.3, 0.4) is 0 Å². The van der Waals surface area contributed by atoms with E-state index in [-0.39, 0.29) is 0 Å². The molecule has 0 atom stereocenters. The van der Waals surface area contributed by atoms with Crippen LogP contribution in [0.5, 0.6) is 0 Å². The Hall–Kier alpha value is -1.68. The molecular weight excluding hydrogens is 188 g/mol. The molecule has 0 aliphatic carbocycles. The fourth-order valence-electron chi connectivity index (χ4n) is 1.48. The van der Waals surface area contributed by atoms with Crippen molar-refractivity contribution < 1.29 is 0 Å². The third kappa shape index (κ3) is 2.22. The maximum absolute atomic E-state index is 5.48. The van der Waals surface area contributed by atoms with E-state index < -0.39 is 0 Å². The Bertz CT molecular complexity index is 408. The maximum Gasteiger partial charge on any atom is 0.158 e. The van der Waals surface area contributed by atoms with Crippen LogP contribution in [-0.2, 0) is 6.54 Å². The predicted octanol–water partition coefficient (Wildman–Crippen LogP) is 1.29. The van der Waals surface area contributed by atoms with Gasteiger partial charge in [0.25, 0.3) is 0 Å². The van der Waals surface area contributed by atoms with Gasteiger partial charge in [0.05, 0.1) is 0 Å². The minimum absolute atomic E-state index is 0.694. The fourth-order valence-corrected chi connectivity index (χ4v) is 1.48. The van der Waals surface area contributed by atoms with Crippen molar-refractivity contribution >= 4 is 0 Å². The van der Waals surface area contributed by atoms with E-state index in [2.05, 4.69) is 14.5 Å². The average Bonchev–Trinajstić information content (AvgIpc) is 2.75. The lowest BCUT2D eigenvalue weighted by Gasteiger charge is -2.05. The number of hydrogen-bond acceptors (Lipinski definition) is 3. The number of nitrogens with two attached hydrogens (primary N) is 1. The molecule has 15 heavy (non-hydrogen) atoms. The van der Waals surface area contributed by atoms with E-state index in [1.54, 1.807) is 12.4 Å². The van der Waals surface area contributed by atoms with Gasteiger partial charge in [0, 0.05) is 25.1 Å². The van der Waals surface area contributed by atoms with E-state index in [4.69, 9.17) is 5.73 Å². The van der Waals surface area contributed by atoms with Gasteiger partial charge in [-0.25, -0.2) is 4.98 Å². The summed E-state index contributed by atoms with van der Waals surface area (Å²) in [6.45, 7) is 1.59. The van der Waals surface area contributed by atoms with Crippen LogP contribution >= 0.6 is 0 Å². The molecule has 4 heteroatoms. The number of pyridine rings is 1. The summed E-state index contributed by atoms with van der Waals surface area (Å²) in [5, 5.41) is 0. The zero-order valence-electron chi connectivity index (χ0n) is 8.50. The molecule has 0 fully saturated rings. The van der Waals surface area contributed by atoms with Crippen LogP contribution < -0.4 is 5.73 Å². The van der Waals surface area contributed by atoms with Gasteiger partial charge in [0.1, 0.15) is 5.69 Å². The van der Waals surface area contributed by atoms with E-state index in [1.165, 1.54) is 0 Å². The highest BCUT2D eigenvalue weighted by Crippen LogP contribution is 2.13. The largest absolute Gasteiger partial charge is 0.330 e. The highest BCUT2D eigenvalue weighted by molar-refractivity contribution is 5.48. The summed E-state index contributed by atoms with van der Waals surface area (Å²) >= 11 is 0. The molecule has 4 nitrogen and oxygen atoms in total. The van der Waals surface area contributed by atoms with Gasteiger partial charge < -0.3 is 10.3 Å².